The number of carbonyl (C=O) groups excluding carboxylic acids is 1. The molecule has 2 saturated heterocycles. The largest absolute Gasteiger partial charge is 0.469 e. The lowest BCUT2D eigenvalue weighted by Crippen LogP contribution is -2.47. The standard InChI is InChI=1S/C37H49N5O3/c1-6-8-10-31(7-2)41-18-9-11-33(26-41)42(23-28-14-17-38-27(3)21-28)25-30-24-39(4)35-22-32(12-13-34(35)36(30)43)40-19-15-29(16-20-40)37(44)45-5/h7-8,10,12-14,17,21-22,24,29,33H,6,9,11,15-16,18-20,23,25-26H2,1-5H3/b10-8-,31-7+/t33-/m0/s1. The summed E-state index contributed by atoms with van der Waals surface area (Å²) in [5, 5.41) is 0.745. The Hall–Kier alpha value is -3.91. The molecule has 5 rings (SSSR count). The van der Waals surface area contributed by atoms with Crippen LogP contribution in [0.2, 0.25) is 0 Å². The molecule has 2 aliphatic rings. The Balaban J connectivity index is 1.41. The zero-order valence-corrected chi connectivity index (χ0v) is 27.7. The number of piperidine rings is 2. The average Bonchev–Trinajstić information content (AvgIpc) is 3.06. The van der Waals surface area contributed by atoms with E-state index in [-0.39, 0.29) is 17.3 Å². The van der Waals surface area contributed by atoms with Crippen LogP contribution in [-0.4, -0.2) is 64.7 Å². The number of nitrogens with zero attached hydrogens (tertiary/aromatic N) is 5. The fourth-order valence-corrected chi connectivity index (χ4v) is 6.97. The second-order valence-electron chi connectivity index (χ2n) is 12.6. The number of hydrogen-bond donors (Lipinski definition) is 0. The highest BCUT2D eigenvalue weighted by molar-refractivity contribution is 5.83. The minimum atomic E-state index is -0.118. The first kappa shape index (κ1) is 32.5. The van der Waals surface area contributed by atoms with Gasteiger partial charge in [-0.15, -0.1) is 0 Å². The van der Waals surface area contributed by atoms with E-state index in [9.17, 15) is 9.59 Å². The lowest BCUT2D eigenvalue weighted by molar-refractivity contribution is -0.146. The summed E-state index contributed by atoms with van der Waals surface area (Å²) in [5.74, 6) is -0.154. The minimum Gasteiger partial charge on any atom is -0.469 e. The molecule has 0 spiro atoms. The van der Waals surface area contributed by atoms with E-state index < -0.39 is 0 Å². The molecule has 2 aliphatic heterocycles. The van der Waals surface area contributed by atoms with Gasteiger partial charge >= 0.3 is 5.97 Å². The van der Waals surface area contributed by atoms with Crippen LogP contribution < -0.4 is 10.3 Å². The molecular weight excluding hydrogens is 562 g/mol. The maximum absolute atomic E-state index is 14.0. The molecule has 8 nitrogen and oxygen atoms in total. The van der Waals surface area contributed by atoms with Crippen molar-refractivity contribution in [3.8, 4) is 0 Å². The van der Waals surface area contributed by atoms with E-state index in [1.807, 2.05) is 32.4 Å². The smallest absolute Gasteiger partial charge is 0.308 e. The molecule has 4 heterocycles. The van der Waals surface area contributed by atoms with Gasteiger partial charge in [0.15, 0.2) is 5.43 Å². The van der Waals surface area contributed by atoms with Crippen LogP contribution in [0.1, 0.15) is 62.8 Å². The Morgan fingerprint density at radius 3 is 2.62 bits per heavy atom. The molecule has 3 aromatic rings. The van der Waals surface area contributed by atoms with E-state index in [4.69, 9.17) is 4.74 Å². The quantitative estimate of drug-likeness (QED) is 0.207. The van der Waals surface area contributed by atoms with Crippen molar-refractivity contribution in [2.75, 3.05) is 38.2 Å². The van der Waals surface area contributed by atoms with E-state index in [1.54, 1.807) is 0 Å². The van der Waals surface area contributed by atoms with Gasteiger partial charge in [0.1, 0.15) is 0 Å². The highest BCUT2D eigenvalue weighted by Gasteiger charge is 2.28. The van der Waals surface area contributed by atoms with Gasteiger partial charge in [-0.05, 0) is 87.9 Å². The fourth-order valence-electron chi connectivity index (χ4n) is 6.97. The van der Waals surface area contributed by atoms with Crippen molar-refractivity contribution in [1.82, 2.24) is 19.4 Å². The highest BCUT2D eigenvalue weighted by atomic mass is 16.5. The molecule has 0 saturated carbocycles. The third-order valence-electron chi connectivity index (χ3n) is 9.46. The number of benzene rings is 1. The first-order valence-electron chi connectivity index (χ1n) is 16.5. The summed E-state index contributed by atoms with van der Waals surface area (Å²) in [7, 11) is 3.50. The van der Waals surface area contributed by atoms with Crippen LogP contribution in [0.3, 0.4) is 0 Å². The number of aromatic nitrogens is 2. The maximum Gasteiger partial charge on any atom is 0.308 e. The summed E-state index contributed by atoms with van der Waals surface area (Å²) in [6.07, 6.45) is 15.4. The summed E-state index contributed by atoms with van der Waals surface area (Å²) in [5.41, 5.74) is 6.42. The Labute approximate surface area is 268 Å². The third-order valence-corrected chi connectivity index (χ3v) is 9.46. The number of pyridine rings is 2. The first-order valence-corrected chi connectivity index (χ1v) is 16.5. The number of allylic oxidation sites excluding steroid dienone is 3. The molecule has 0 aliphatic carbocycles. The zero-order chi connectivity index (χ0) is 31.9. The fraction of sp³-hybridized carbons (Fsp3) is 0.486. The highest BCUT2D eigenvalue weighted by Crippen LogP contribution is 2.28. The van der Waals surface area contributed by atoms with Crippen LogP contribution in [0.5, 0.6) is 0 Å². The van der Waals surface area contributed by atoms with E-state index in [0.717, 1.165) is 92.7 Å². The summed E-state index contributed by atoms with van der Waals surface area (Å²) in [6.45, 7) is 11.2. The predicted octanol–water partition coefficient (Wildman–Crippen LogP) is 5.97. The Morgan fingerprint density at radius 1 is 1.11 bits per heavy atom. The molecular formula is C37H49N5O3. The van der Waals surface area contributed by atoms with Gasteiger partial charge in [-0.25, -0.2) is 0 Å². The predicted molar refractivity (Wildman–Crippen MR) is 182 cm³/mol. The van der Waals surface area contributed by atoms with Crippen LogP contribution in [0, 0.1) is 12.8 Å². The molecule has 0 unspecified atom stereocenters. The molecule has 240 valence electrons. The number of methoxy groups -OCH3 is 1. The van der Waals surface area contributed by atoms with E-state index in [0.29, 0.717) is 12.6 Å². The molecule has 45 heavy (non-hydrogen) atoms. The van der Waals surface area contributed by atoms with E-state index >= 15 is 0 Å². The van der Waals surface area contributed by atoms with E-state index in [1.165, 1.54) is 18.4 Å². The second kappa shape index (κ2) is 14.9. The van der Waals surface area contributed by atoms with Crippen molar-refractivity contribution >= 4 is 22.6 Å². The van der Waals surface area contributed by atoms with Gasteiger partial charge in [-0.1, -0.05) is 19.1 Å². The van der Waals surface area contributed by atoms with Crippen molar-refractivity contribution in [1.29, 1.82) is 0 Å². The number of rotatable bonds is 10. The summed E-state index contributed by atoms with van der Waals surface area (Å²) < 4.78 is 7.06. The number of ether oxygens (including phenoxy) is 1. The van der Waals surface area contributed by atoms with Crippen molar-refractivity contribution in [2.45, 2.75) is 72.0 Å². The average molecular weight is 612 g/mol. The molecule has 2 aromatic heterocycles. The Morgan fingerprint density at radius 2 is 1.91 bits per heavy atom. The number of aryl methyl sites for hydroxylation is 2. The molecule has 2 fully saturated rings. The number of fused-ring (bicyclic) bond motifs is 1. The Kier molecular flexibility index (Phi) is 10.8. The lowest BCUT2D eigenvalue weighted by Gasteiger charge is -2.41. The van der Waals surface area contributed by atoms with Crippen LogP contribution in [-0.2, 0) is 29.7 Å². The first-order chi connectivity index (χ1) is 21.8. The van der Waals surface area contributed by atoms with Crippen LogP contribution >= 0.6 is 0 Å². The number of likely N-dealkylation sites (tertiary alicyclic amines) is 1. The number of esters is 1. The SMILES string of the molecule is C/C=C(\C=C/CC)N1CCC[C@H](N(Cc2ccnc(C)c2)Cc2cn(C)c3cc(N4CCC(C(=O)OC)CC4)ccc3c2=O)C1. The molecule has 0 bridgehead atoms. The van der Waals surface area contributed by atoms with Gasteiger partial charge in [-0.3, -0.25) is 19.5 Å². The lowest BCUT2D eigenvalue weighted by atomic mass is 9.96. The zero-order valence-electron chi connectivity index (χ0n) is 27.7. The second-order valence-corrected chi connectivity index (χ2v) is 12.6. The maximum atomic E-state index is 14.0. The molecule has 1 aromatic carbocycles. The molecule has 8 heteroatoms. The number of hydrogen-bond acceptors (Lipinski definition) is 7. The van der Waals surface area contributed by atoms with Gasteiger partial charge < -0.3 is 19.1 Å². The van der Waals surface area contributed by atoms with Gasteiger partial charge in [-0.2, -0.15) is 0 Å². The van der Waals surface area contributed by atoms with Gasteiger partial charge in [0.2, 0.25) is 0 Å². The number of anilines is 1. The minimum absolute atomic E-state index is 0.0359. The Bertz CT molecular complexity index is 1600. The van der Waals surface area contributed by atoms with Crippen molar-refractivity contribution in [3.05, 3.63) is 93.7 Å². The van der Waals surface area contributed by atoms with Crippen molar-refractivity contribution in [3.63, 3.8) is 0 Å². The van der Waals surface area contributed by atoms with Gasteiger partial charge in [0.05, 0.1) is 18.5 Å². The van der Waals surface area contributed by atoms with Gasteiger partial charge in [0.25, 0.3) is 0 Å². The van der Waals surface area contributed by atoms with Crippen molar-refractivity contribution in [2.24, 2.45) is 13.0 Å². The van der Waals surface area contributed by atoms with Crippen LogP contribution in [0.15, 0.2) is 71.4 Å². The molecule has 0 N–H and O–H groups in total. The van der Waals surface area contributed by atoms with Crippen LogP contribution in [0.25, 0.3) is 10.9 Å². The molecule has 0 radical (unpaired) electrons. The van der Waals surface area contributed by atoms with Crippen LogP contribution in [0.4, 0.5) is 5.69 Å². The summed E-state index contributed by atoms with van der Waals surface area (Å²) in [4.78, 5) is 37.8. The molecule has 1 atom stereocenters. The van der Waals surface area contributed by atoms with E-state index in [2.05, 4.69) is 80.6 Å². The molecule has 0 amide bonds. The monoisotopic (exact) mass is 611 g/mol. The third kappa shape index (κ3) is 7.67. The topological polar surface area (TPSA) is 70.9 Å². The normalized spacial score (nSPS) is 18.4. The summed E-state index contributed by atoms with van der Waals surface area (Å²) in [6, 6.07) is 10.7. The van der Waals surface area contributed by atoms with Crippen molar-refractivity contribution < 1.29 is 9.53 Å². The van der Waals surface area contributed by atoms with Gasteiger partial charge in [0, 0.05) is 92.8 Å². The number of carbonyl (C=O) groups is 1. The summed E-state index contributed by atoms with van der Waals surface area (Å²) >= 11 is 0.